The number of aromatic amines is 1. The van der Waals surface area contributed by atoms with Gasteiger partial charge in [0.2, 0.25) is 0 Å². The van der Waals surface area contributed by atoms with Crippen molar-refractivity contribution in [2.24, 2.45) is 7.05 Å². The molecule has 0 spiro atoms. The van der Waals surface area contributed by atoms with Gasteiger partial charge in [-0.3, -0.25) is 9.36 Å². The van der Waals surface area contributed by atoms with Crippen molar-refractivity contribution in [3.63, 3.8) is 0 Å². The first-order valence-corrected chi connectivity index (χ1v) is 11.0. The van der Waals surface area contributed by atoms with E-state index in [1.54, 1.807) is 0 Å². The Morgan fingerprint density at radius 1 is 1.06 bits per heavy atom. The minimum absolute atomic E-state index is 0.0601. The predicted molar refractivity (Wildman–Crippen MR) is 124 cm³/mol. The summed E-state index contributed by atoms with van der Waals surface area (Å²) in [6, 6.07) is 20.1. The molecule has 0 atom stereocenters. The van der Waals surface area contributed by atoms with Crippen LogP contribution in [0.15, 0.2) is 78.2 Å². The quantitative estimate of drug-likeness (QED) is 0.305. The van der Waals surface area contributed by atoms with Gasteiger partial charge >= 0.3 is 0 Å². The lowest BCUT2D eigenvalue weighted by Crippen LogP contribution is -2.09. The largest absolute Gasteiger partial charge is 0.360 e. The first-order chi connectivity index (χ1) is 15.1. The molecule has 0 bridgehead atoms. The normalized spacial score (nSPS) is 11.3. The molecule has 0 radical (unpaired) electrons. The number of carbonyl (C=O) groups excluding carboxylic acids is 1. The maximum atomic E-state index is 12.7. The molecule has 2 aromatic carbocycles. The molecule has 0 saturated carbocycles. The second-order valence-corrected chi connectivity index (χ2v) is 8.39. The summed E-state index contributed by atoms with van der Waals surface area (Å²) in [7, 11) is 1.88. The molecule has 1 N–H and O–H groups in total. The van der Waals surface area contributed by atoms with Crippen molar-refractivity contribution >= 4 is 28.4 Å². The van der Waals surface area contributed by atoms with Crippen molar-refractivity contribution in [3.05, 3.63) is 84.3 Å². The van der Waals surface area contributed by atoms with Crippen molar-refractivity contribution in [1.29, 1.82) is 0 Å². The van der Waals surface area contributed by atoms with Crippen molar-refractivity contribution in [2.75, 3.05) is 5.75 Å². The Balaban J connectivity index is 1.57. The van der Waals surface area contributed by atoms with Gasteiger partial charge < -0.3 is 9.55 Å². The number of benzene rings is 2. The number of nitrogens with zero attached hydrogens (tertiary/aromatic N) is 4. The minimum atomic E-state index is 0.0601. The zero-order chi connectivity index (χ0) is 21.4. The number of aromatic nitrogens is 5. The molecular formula is C24H21N5OS. The summed E-state index contributed by atoms with van der Waals surface area (Å²) in [4.78, 5) is 16.0. The Bertz CT molecular complexity index is 1390. The molecule has 7 heteroatoms. The van der Waals surface area contributed by atoms with E-state index in [-0.39, 0.29) is 11.5 Å². The van der Waals surface area contributed by atoms with Crippen LogP contribution in [0.2, 0.25) is 0 Å². The van der Waals surface area contributed by atoms with Crippen LogP contribution >= 0.6 is 11.8 Å². The lowest BCUT2D eigenvalue weighted by molar-refractivity contribution is 0.101. The molecule has 5 aromatic rings. The van der Waals surface area contributed by atoms with Gasteiger partial charge in [-0.25, -0.2) is 0 Å². The van der Waals surface area contributed by atoms with E-state index in [1.165, 1.54) is 11.8 Å². The predicted octanol–water partition coefficient (Wildman–Crippen LogP) is 5.04. The fourth-order valence-electron chi connectivity index (χ4n) is 3.75. The second-order valence-electron chi connectivity index (χ2n) is 7.44. The third-order valence-electron chi connectivity index (χ3n) is 5.29. The summed E-state index contributed by atoms with van der Waals surface area (Å²) < 4.78 is 3.87. The maximum absolute atomic E-state index is 12.7. The molecule has 0 fully saturated rings. The number of thioether (sulfide) groups is 1. The summed E-state index contributed by atoms with van der Waals surface area (Å²) in [6.07, 6.45) is 3.84. The molecule has 0 aliphatic carbocycles. The first kappa shape index (κ1) is 19.4. The van der Waals surface area contributed by atoms with E-state index in [2.05, 4.69) is 40.3 Å². The molecule has 3 aromatic heterocycles. The standard InChI is InChI=1S/C24H21N5OS/c1-16-7-5-8-17(13-16)29-23(19-14-25-20-10-4-3-9-18(19)20)26-27-24(29)31-15-22(30)21-11-6-12-28(21)2/h3-14,25H,15H2,1-2H3. The van der Waals surface area contributed by atoms with Crippen LogP contribution in [0.3, 0.4) is 0 Å². The van der Waals surface area contributed by atoms with Crippen LogP contribution in [0.1, 0.15) is 16.1 Å². The van der Waals surface area contributed by atoms with Gasteiger partial charge in [-0.15, -0.1) is 10.2 Å². The molecule has 3 heterocycles. The lowest BCUT2D eigenvalue weighted by Gasteiger charge is -2.11. The summed E-state index contributed by atoms with van der Waals surface area (Å²) in [5.41, 5.74) is 4.83. The summed E-state index contributed by atoms with van der Waals surface area (Å²) in [6.45, 7) is 2.06. The molecule has 0 aliphatic heterocycles. The van der Waals surface area contributed by atoms with Gasteiger partial charge in [0.15, 0.2) is 16.8 Å². The molecule has 5 rings (SSSR count). The molecule has 31 heavy (non-hydrogen) atoms. The van der Waals surface area contributed by atoms with Gasteiger partial charge in [0.05, 0.1) is 11.4 Å². The van der Waals surface area contributed by atoms with Crippen LogP contribution in [0.5, 0.6) is 0 Å². The fraction of sp³-hybridized carbons (Fsp3) is 0.125. The van der Waals surface area contributed by atoms with Crippen LogP contribution in [0.4, 0.5) is 0 Å². The molecule has 154 valence electrons. The van der Waals surface area contributed by atoms with Gasteiger partial charge in [0.25, 0.3) is 0 Å². The summed E-state index contributed by atoms with van der Waals surface area (Å²) in [5.74, 6) is 1.09. The monoisotopic (exact) mass is 427 g/mol. The number of fused-ring (bicyclic) bond motifs is 1. The third-order valence-corrected chi connectivity index (χ3v) is 6.21. The van der Waals surface area contributed by atoms with Crippen molar-refractivity contribution in [1.82, 2.24) is 24.3 Å². The highest BCUT2D eigenvalue weighted by Gasteiger charge is 2.20. The van der Waals surface area contributed by atoms with E-state index in [9.17, 15) is 4.79 Å². The highest BCUT2D eigenvalue weighted by Crippen LogP contribution is 2.32. The number of ketones is 1. The molecular weight excluding hydrogens is 406 g/mol. The number of hydrogen-bond donors (Lipinski definition) is 1. The third kappa shape index (κ3) is 3.57. The van der Waals surface area contributed by atoms with E-state index >= 15 is 0 Å². The van der Waals surface area contributed by atoms with Crippen LogP contribution in [-0.4, -0.2) is 35.9 Å². The van der Waals surface area contributed by atoms with Crippen molar-refractivity contribution in [2.45, 2.75) is 12.1 Å². The molecule has 0 saturated heterocycles. The van der Waals surface area contributed by atoms with Gasteiger partial charge in [0, 0.05) is 41.6 Å². The van der Waals surface area contributed by atoms with Gasteiger partial charge in [-0.05, 0) is 42.8 Å². The van der Waals surface area contributed by atoms with E-state index in [4.69, 9.17) is 0 Å². The van der Waals surface area contributed by atoms with E-state index in [0.717, 1.165) is 33.5 Å². The minimum Gasteiger partial charge on any atom is -0.360 e. The average Bonchev–Trinajstić information content (AvgIpc) is 3.49. The number of carbonyl (C=O) groups is 1. The number of hydrogen-bond acceptors (Lipinski definition) is 4. The van der Waals surface area contributed by atoms with Gasteiger partial charge in [0.1, 0.15) is 0 Å². The number of rotatable bonds is 6. The Kier molecular flexibility index (Phi) is 4.95. The first-order valence-electron chi connectivity index (χ1n) is 9.98. The smallest absolute Gasteiger partial charge is 0.196 e. The Hall–Kier alpha value is -3.58. The van der Waals surface area contributed by atoms with Crippen molar-refractivity contribution < 1.29 is 4.79 Å². The van der Waals surface area contributed by atoms with Gasteiger partial charge in [-0.1, -0.05) is 42.1 Å². The number of para-hydroxylation sites is 1. The van der Waals surface area contributed by atoms with E-state index < -0.39 is 0 Å². The van der Waals surface area contributed by atoms with Crippen LogP contribution in [-0.2, 0) is 7.05 Å². The zero-order valence-corrected chi connectivity index (χ0v) is 18.1. The fourth-order valence-corrected chi connectivity index (χ4v) is 4.58. The second kappa shape index (κ2) is 7.92. The molecule has 0 unspecified atom stereocenters. The SMILES string of the molecule is Cc1cccc(-n2c(SCC(=O)c3cccn3C)nnc2-c2c[nH]c3ccccc23)c1. The highest BCUT2D eigenvalue weighted by atomic mass is 32.2. The average molecular weight is 428 g/mol. The highest BCUT2D eigenvalue weighted by molar-refractivity contribution is 7.99. The lowest BCUT2D eigenvalue weighted by atomic mass is 10.1. The Labute approximate surface area is 183 Å². The van der Waals surface area contributed by atoms with Crippen LogP contribution in [0.25, 0.3) is 28.0 Å². The molecule has 0 amide bonds. The Morgan fingerprint density at radius 2 is 1.94 bits per heavy atom. The molecule has 0 aliphatic rings. The van der Waals surface area contributed by atoms with Crippen LogP contribution in [0, 0.1) is 6.92 Å². The topological polar surface area (TPSA) is 68.5 Å². The summed E-state index contributed by atoms with van der Waals surface area (Å²) in [5, 5.41) is 10.8. The van der Waals surface area contributed by atoms with Crippen molar-refractivity contribution in [3.8, 4) is 17.1 Å². The number of nitrogens with one attached hydrogen (secondary N) is 1. The van der Waals surface area contributed by atoms with Gasteiger partial charge in [-0.2, -0.15) is 0 Å². The van der Waals surface area contributed by atoms with E-state index in [0.29, 0.717) is 10.9 Å². The number of H-pyrrole nitrogens is 1. The Morgan fingerprint density at radius 3 is 2.74 bits per heavy atom. The summed E-state index contributed by atoms with van der Waals surface area (Å²) >= 11 is 1.40. The number of Topliss-reactive ketones (excluding diaryl/α,β-unsaturated/α-hetero) is 1. The zero-order valence-electron chi connectivity index (χ0n) is 17.2. The van der Waals surface area contributed by atoms with E-state index in [1.807, 2.05) is 71.0 Å². The number of aryl methyl sites for hydroxylation is 2. The molecule has 6 nitrogen and oxygen atoms in total. The maximum Gasteiger partial charge on any atom is 0.196 e. The van der Waals surface area contributed by atoms with Crippen LogP contribution < -0.4 is 0 Å².